The van der Waals surface area contributed by atoms with E-state index in [1.165, 1.54) is 0 Å². The quantitative estimate of drug-likeness (QED) is 0.793. The van der Waals surface area contributed by atoms with Crippen LogP contribution in [-0.2, 0) is 14.6 Å². The van der Waals surface area contributed by atoms with Crippen molar-refractivity contribution in [1.29, 1.82) is 0 Å². The summed E-state index contributed by atoms with van der Waals surface area (Å²) in [6.45, 7) is 4.79. The molecule has 0 unspecified atom stereocenters. The summed E-state index contributed by atoms with van der Waals surface area (Å²) in [5.41, 5.74) is 0.981. The minimum Gasteiger partial charge on any atom is -0.383 e. The van der Waals surface area contributed by atoms with Crippen LogP contribution in [-0.4, -0.2) is 41.0 Å². The van der Waals surface area contributed by atoms with E-state index in [0.717, 1.165) is 12.2 Å². The molecular formula is C13H21NO3S. The smallest absolute Gasteiger partial charge is 0.180 e. The van der Waals surface area contributed by atoms with Crippen molar-refractivity contribution in [1.82, 2.24) is 0 Å². The predicted molar refractivity (Wildman–Crippen MR) is 73.9 cm³/mol. The van der Waals surface area contributed by atoms with Crippen LogP contribution in [0.1, 0.15) is 13.8 Å². The Morgan fingerprint density at radius 2 is 1.78 bits per heavy atom. The summed E-state index contributed by atoms with van der Waals surface area (Å²) in [6.07, 6.45) is 0. The molecule has 5 heteroatoms. The molecule has 1 aromatic rings. The maximum Gasteiger partial charge on any atom is 0.180 e. The van der Waals surface area contributed by atoms with Crippen LogP contribution < -0.4 is 4.90 Å². The number of likely N-dealkylation sites (N-methyl/N-ethyl adjacent to an activating group) is 1. The molecule has 0 radical (unpaired) electrons. The zero-order valence-corrected chi connectivity index (χ0v) is 12.2. The van der Waals surface area contributed by atoms with Gasteiger partial charge < -0.3 is 9.64 Å². The second-order valence-electron chi connectivity index (χ2n) is 4.50. The largest absolute Gasteiger partial charge is 0.383 e. The van der Waals surface area contributed by atoms with Gasteiger partial charge in [-0.2, -0.15) is 0 Å². The number of benzene rings is 1. The number of sulfone groups is 1. The fraction of sp³-hybridized carbons (Fsp3) is 0.538. The average molecular weight is 271 g/mol. The molecule has 1 aromatic carbocycles. The molecule has 0 fully saturated rings. The van der Waals surface area contributed by atoms with Crippen molar-refractivity contribution in [3.05, 3.63) is 24.3 Å². The Bertz CT molecular complexity index is 466. The first kappa shape index (κ1) is 15.0. The van der Waals surface area contributed by atoms with E-state index in [1.54, 1.807) is 33.1 Å². The van der Waals surface area contributed by atoms with Crippen molar-refractivity contribution < 1.29 is 13.2 Å². The van der Waals surface area contributed by atoms with Gasteiger partial charge in [0.25, 0.3) is 0 Å². The number of nitrogens with zero attached hydrogens (tertiary/aromatic N) is 1. The van der Waals surface area contributed by atoms with Crippen molar-refractivity contribution in [2.45, 2.75) is 24.0 Å². The van der Waals surface area contributed by atoms with Crippen molar-refractivity contribution in [2.75, 3.05) is 32.2 Å². The Morgan fingerprint density at radius 1 is 1.22 bits per heavy atom. The average Bonchev–Trinajstić information content (AvgIpc) is 2.35. The molecule has 4 nitrogen and oxygen atoms in total. The highest BCUT2D eigenvalue weighted by atomic mass is 32.2. The van der Waals surface area contributed by atoms with E-state index < -0.39 is 15.1 Å². The lowest BCUT2D eigenvalue weighted by Gasteiger charge is -2.19. The number of hydrogen-bond acceptors (Lipinski definition) is 4. The van der Waals surface area contributed by atoms with Crippen LogP contribution >= 0.6 is 0 Å². The van der Waals surface area contributed by atoms with Gasteiger partial charge in [0.2, 0.25) is 0 Å². The predicted octanol–water partition coefficient (Wildman–Crippen LogP) is 1.95. The Hall–Kier alpha value is -1.07. The lowest BCUT2D eigenvalue weighted by atomic mass is 10.3. The molecule has 0 N–H and O–H groups in total. The lowest BCUT2D eigenvalue weighted by molar-refractivity contribution is 0.206. The van der Waals surface area contributed by atoms with Gasteiger partial charge in [-0.1, -0.05) is 0 Å². The topological polar surface area (TPSA) is 46.6 Å². The van der Waals surface area contributed by atoms with Gasteiger partial charge >= 0.3 is 0 Å². The lowest BCUT2D eigenvalue weighted by Crippen LogP contribution is -2.22. The van der Waals surface area contributed by atoms with Crippen LogP contribution in [0.25, 0.3) is 0 Å². The third-order valence-corrected chi connectivity index (χ3v) is 5.03. The monoisotopic (exact) mass is 271 g/mol. The van der Waals surface area contributed by atoms with E-state index in [1.807, 2.05) is 24.1 Å². The van der Waals surface area contributed by atoms with E-state index in [0.29, 0.717) is 11.5 Å². The molecule has 0 amide bonds. The summed E-state index contributed by atoms with van der Waals surface area (Å²) < 4.78 is 28.9. The zero-order valence-electron chi connectivity index (χ0n) is 11.4. The van der Waals surface area contributed by atoms with E-state index >= 15 is 0 Å². The van der Waals surface area contributed by atoms with Gasteiger partial charge in [-0.3, -0.25) is 0 Å². The molecule has 0 aliphatic rings. The molecule has 0 heterocycles. The van der Waals surface area contributed by atoms with Gasteiger partial charge in [-0.05, 0) is 38.1 Å². The number of anilines is 1. The number of ether oxygens (including phenoxy) is 1. The molecule has 0 atom stereocenters. The number of rotatable bonds is 6. The molecule has 0 saturated carbocycles. The van der Waals surface area contributed by atoms with E-state index in [4.69, 9.17) is 4.74 Å². The second-order valence-corrected chi connectivity index (χ2v) is 7.01. The van der Waals surface area contributed by atoms with Crippen LogP contribution in [0, 0.1) is 0 Å². The first-order valence-corrected chi connectivity index (χ1v) is 7.48. The summed E-state index contributed by atoms with van der Waals surface area (Å²) in [7, 11) is 0.429. The SMILES string of the molecule is COCCN(C)c1ccc(S(=O)(=O)C(C)C)cc1. The van der Waals surface area contributed by atoms with Gasteiger partial charge in [-0.25, -0.2) is 8.42 Å². The molecule has 0 spiro atoms. The fourth-order valence-corrected chi connectivity index (χ4v) is 2.58. The summed E-state index contributed by atoms with van der Waals surface area (Å²) in [5.74, 6) is 0. The number of hydrogen-bond donors (Lipinski definition) is 0. The van der Waals surface area contributed by atoms with Crippen molar-refractivity contribution >= 4 is 15.5 Å². The van der Waals surface area contributed by atoms with Gasteiger partial charge in [-0.15, -0.1) is 0 Å². The molecule has 0 aliphatic heterocycles. The van der Waals surface area contributed by atoms with Gasteiger partial charge in [0.1, 0.15) is 0 Å². The van der Waals surface area contributed by atoms with Crippen molar-refractivity contribution in [3.63, 3.8) is 0 Å². The van der Waals surface area contributed by atoms with E-state index in [9.17, 15) is 8.42 Å². The third-order valence-electron chi connectivity index (χ3n) is 2.86. The van der Waals surface area contributed by atoms with Gasteiger partial charge in [0.05, 0.1) is 16.8 Å². The third kappa shape index (κ3) is 3.46. The van der Waals surface area contributed by atoms with E-state index in [-0.39, 0.29) is 0 Å². The highest BCUT2D eigenvalue weighted by molar-refractivity contribution is 7.92. The van der Waals surface area contributed by atoms with Crippen LogP contribution in [0.2, 0.25) is 0 Å². The van der Waals surface area contributed by atoms with Crippen LogP contribution in [0.15, 0.2) is 29.2 Å². The molecule has 0 aliphatic carbocycles. The molecule has 0 bridgehead atoms. The summed E-state index contributed by atoms with van der Waals surface area (Å²) in [4.78, 5) is 2.40. The minimum atomic E-state index is -3.18. The second kappa shape index (κ2) is 6.20. The molecule has 0 aromatic heterocycles. The summed E-state index contributed by atoms with van der Waals surface area (Å²) in [5, 5.41) is -0.394. The van der Waals surface area contributed by atoms with Gasteiger partial charge in [0.15, 0.2) is 9.84 Å². The maximum atomic E-state index is 12.0. The zero-order chi connectivity index (χ0) is 13.8. The highest BCUT2D eigenvalue weighted by Gasteiger charge is 2.18. The molecular weight excluding hydrogens is 250 g/mol. The maximum absolute atomic E-state index is 12.0. The summed E-state index contributed by atoms with van der Waals surface area (Å²) in [6, 6.07) is 6.97. The molecule has 0 saturated heterocycles. The van der Waals surface area contributed by atoms with Crippen molar-refractivity contribution in [3.8, 4) is 0 Å². The molecule has 102 valence electrons. The van der Waals surface area contributed by atoms with Gasteiger partial charge in [0, 0.05) is 26.4 Å². The Morgan fingerprint density at radius 3 is 2.22 bits per heavy atom. The van der Waals surface area contributed by atoms with Crippen molar-refractivity contribution in [2.24, 2.45) is 0 Å². The van der Waals surface area contributed by atoms with Crippen LogP contribution in [0.3, 0.4) is 0 Å². The minimum absolute atomic E-state index is 0.376. The normalized spacial score (nSPS) is 11.8. The Balaban J connectivity index is 2.87. The fourth-order valence-electron chi connectivity index (χ4n) is 1.52. The van der Waals surface area contributed by atoms with Crippen LogP contribution in [0.5, 0.6) is 0 Å². The first-order chi connectivity index (χ1) is 8.39. The Labute approximate surface area is 109 Å². The number of methoxy groups -OCH3 is 1. The highest BCUT2D eigenvalue weighted by Crippen LogP contribution is 2.20. The Kier molecular flexibility index (Phi) is 5.16. The van der Waals surface area contributed by atoms with Crippen LogP contribution in [0.4, 0.5) is 5.69 Å². The molecule has 1 rings (SSSR count). The van der Waals surface area contributed by atoms with E-state index in [2.05, 4.69) is 0 Å². The standard InChI is InChI=1S/C13H21NO3S/c1-11(2)18(15,16)13-7-5-12(6-8-13)14(3)9-10-17-4/h5-8,11H,9-10H2,1-4H3. The first-order valence-electron chi connectivity index (χ1n) is 5.93. The summed E-state index contributed by atoms with van der Waals surface area (Å²) >= 11 is 0. The molecule has 18 heavy (non-hydrogen) atoms.